The Morgan fingerprint density at radius 1 is 0.974 bits per heavy atom. The van der Waals surface area contributed by atoms with Crippen molar-refractivity contribution in [2.75, 3.05) is 6.54 Å². The van der Waals surface area contributed by atoms with Gasteiger partial charge in [-0.1, -0.05) is 20.8 Å². The molecule has 9 nitrogen and oxygen atoms in total. The predicted octanol–water partition coefficient (Wildman–Crippen LogP) is 3.02. The highest BCUT2D eigenvalue weighted by Gasteiger charge is 2.62. The number of hydrogen-bond donors (Lipinski definition) is 6. The maximum Gasteiger partial charge on any atom is 0.326 e. The third-order valence-corrected chi connectivity index (χ3v) is 11.8. The SMILES string of the molecule is C[C@H](CCC(=O)N[C@@H](CCCN=C(N)N)C(=O)O)[C@H]1CC[C@H]2[C@@H]3C[C@H](O)[C@@H]4C[C@H](O)CC[C@]4(C)[C@H]3CC[C@]12C. The minimum atomic E-state index is -1.04. The number of aliphatic hydroxyl groups is 2. The zero-order valence-electron chi connectivity index (χ0n) is 24.1. The van der Waals surface area contributed by atoms with Gasteiger partial charge in [-0.15, -0.1) is 0 Å². The Morgan fingerprint density at radius 2 is 1.67 bits per heavy atom. The molecule has 0 radical (unpaired) electrons. The molecule has 0 spiro atoms. The molecular weight excluding hydrogens is 496 g/mol. The summed E-state index contributed by atoms with van der Waals surface area (Å²) in [6.07, 6.45) is 9.43. The first-order valence-corrected chi connectivity index (χ1v) is 15.3. The van der Waals surface area contributed by atoms with Crippen LogP contribution in [0.4, 0.5) is 0 Å². The van der Waals surface area contributed by atoms with Gasteiger partial charge in [-0.05, 0) is 117 Å². The van der Waals surface area contributed by atoms with Crippen LogP contribution in [0.25, 0.3) is 0 Å². The Kier molecular flexibility index (Phi) is 9.21. The molecular formula is C30H52N4O5. The summed E-state index contributed by atoms with van der Waals surface area (Å²) in [6, 6.07) is -0.936. The Balaban J connectivity index is 1.33. The van der Waals surface area contributed by atoms with Gasteiger partial charge in [0.15, 0.2) is 5.96 Å². The van der Waals surface area contributed by atoms with E-state index in [4.69, 9.17) is 11.5 Å². The minimum Gasteiger partial charge on any atom is -0.480 e. The van der Waals surface area contributed by atoms with Gasteiger partial charge >= 0.3 is 5.97 Å². The summed E-state index contributed by atoms with van der Waals surface area (Å²) in [5, 5.41) is 33.8. The average Bonchev–Trinajstić information content (AvgIpc) is 3.22. The Hall–Kier alpha value is -1.87. The monoisotopic (exact) mass is 548 g/mol. The van der Waals surface area contributed by atoms with Crippen molar-refractivity contribution in [1.29, 1.82) is 0 Å². The van der Waals surface area contributed by atoms with Crippen molar-refractivity contribution < 1.29 is 24.9 Å². The van der Waals surface area contributed by atoms with Crippen LogP contribution in [-0.4, -0.2) is 58.0 Å². The second-order valence-electron chi connectivity index (χ2n) is 13.9. The zero-order chi connectivity index (χ0) is 28.5. The standard InChI is InChI=1S/C30H52N4O5/c1-17(6-9-26(37)34-24(27(38)39)5-4-14-33-28(31)32)20-7-8-21-19-16-25(36)23-15-18(35)10-12-30(23,3)22(19)11-13-29(20,21)2/h17-25,35-36H,4-16H2,1-3H3,(H,34,37)(H,38,39)(H4,31,32,33)/t17-,18-,19+,20-,21+,22+,23+,24+,25+,29-,30-/m1/s1. The maximum atomic E-state index is 12.7. The summed E-state index contributed by atoms with van der Waals surface area (Å²) in [6.45, 7) is 7.45. The highest BCUT2D eigenvalue weighted by Crippen LogP contribution is 2.68. The number of carbonyl (C=O) groups is 2. The van der Waals surface area contributed by atoms with Crippen LogP contribution >= 0.6 is 0 Å². The summed E-state index contributed by atoms with van der Waals surface area (Å²) in [4.78, 5) is 28.2. The molecule has 4 aliphatic rings. The van der Waals surface area contributed by atoms with Crippen molar-refractivity contribution in [3.05, 3.63) is 0 Å². The number of hydrogen-bond acceptors (Lipinski definition) is 5. The number of aliphatic imine (C=N–C) groups is 1. The van der Waals surface area contributed by atoms with E-state index in [0.717, 1.165) is 38.5 Å². The summed E-state index contributed by atoms with van der Waals surface area (Å²) in [5.74, 6) is 1.58. The van der Waals surface area contributed by atoms with Gasteiger partial charge in [-0.25, -0.2) is 4.79 Å². The number of aliphatic carboxylic acids is 1. The molecule has 8 N–H and O–H groups in total. The minimum absolute atomic E-state index is 0.0249. The van der Waals surface area contributed by atoms with Gasteiger partial charge in [-0.2, -0.15) is 0 Å². The van der Waals surface area contributed by atoms with E-state index in [-0.39, 0.29) is 47.2 Å². The molecule has 4 saturated carbocycles. The van der Waals surface area contributed by atoms with Gasteiger partial charge in [0.25, 0.3) is 0 Å². The fourth-order valence-corrected chi connectivity index (χ4v) is 9.84. The highest BCUT2D eigenvalue weighted by atomic mass is 16.4. The van der Waals surface area contributed by atoms with Crippen LogP contribution < -0.4 is 16.8 Å². The molecule has 1 amide bonds. The van der Waals surface area contributed by atoms with Gasteiger partial charge in [0.1, 0.15) is 6.04 Å². The number of nitrogens with one attached hydrogen (secondary N) is 1. The number of fused-ring (bicyclic) bond motifs is 5. The fourth-order valence-electron chi connectivity index (χ4n) is 9.84. The number of rotatable bonds is 10. The summed E-state index contributed by atoms with van der Waals surface area (Å²) in [5.41, 5.74) is 11.0. The second kappa shape index (κ2) is 11.9. The first-order chi connectivity index (χ1) is 18.4. The second-order valence-corrected chi connectivity index (χ2v) is 13.9. The molecule has 222 valence electrons. The Labute approximate surface area is 233 Å². The first kappa shape index (κ1) is 30.1. The van der Waals surface area contributed by atoms with Crippen molar-refractivity contribution in [2.24, 2.45) is 62.8 Å². The van der Waals surface area contributed by atoms with Gasteiger partial charge in [-0.3, -0.25) is 9.79 Å². The predicted molar refractivity (Wildman–Crippen MR) is 150 cm³/mol. The first-order valence-electron chi connectivity index (χ1n) is 15.3. The van der Waals surface area contributed by atoms with E-state index in [0.29, 0.717) is 49.0 Å². The lowest BCUT2D eigenvalue weighted by Crippen LogP contribution is -2.58. The molecule has 11 atom stereocenters. The van der Waals surface area contributed by atoms with Crippen LogP contribution in [0.3, 0.4) is 0 Å². The van der Waals surface area contributed by atoms with Crippen LogP contribution in [-0.2, 0) is 9.59 Å². The summed E-state index contributed by atoms with van der Waals surface area (Å²) in [7, 11) is 0. The number of carboxylic acid groups (broad SMARTS) is 1. The van der Waals surface area contributed by atoms with Gasteiger partial charge < -0.3 is 32.1 Å². The smallest absolute Gasteiger partial charge is 0.326 e. The van der Waals surface area contributed by atoms with Crippen LogP contribution in [0.15, 0.2) is 4.99 Å². The van der Waals surface area contributed by atoms with E-state index in [1.54, 1.807) is 0 Å². The lowest BCUT2D eigenvalue weighted by atomic mass is 9.44. The van der Waals surface area contributed by atoms with Crippen molar-refractivity contribution in [2.45, 2.75) is 116 Å². The molecule has 39 heavy (non-hydrogen) atoms. The van der Waals surface area contributed by atoms with E-state index < -0.39 is 12.0 Å². The molecule has 0 unspecified atom stereocenters. The fraction of sp³-hybridized carbons (Fsp3) is 0.900. The Morgan fingerprint density at radius 3 is 2.36 bits per heavy atom. The molecule has 0 aromatic heterocycles. The third-order valence-electron chi connectivity index (χ3n) is 11.8. The molecule has 0 bridgehead atoms. The van der Waals surface area contributed by atoms with Crippen molar-refractivity contribution in [3.8, 4) is 0 Å². The molecule has 4 fully saturated rings. The normalized spacial score (nSPS) is 40.9. The number of guanidine groups is 1. The summed E-state index contributed by atoms with van der Waals surface area (Å²) >= 11 is 0. The van der Waals surface area contributed by atoms with E-state index >= 15 is 0 Å². The highest BCUT2D eigenvalue weighted by molar-refractivity contribution is 5.83. The topological polar surface area (TPSA) is 171 Å². The lowest BCUT2D eigenvalue weighted by Gasteiger charge is -2.62. The maximum absolute atomic E-state index is 12.7. The number of carbonyl (C=O) groups excluding carboxylic acids is 1. The molecule has 9 heteroatoms. The quantitative estimate of drug-likeness (QED) is 0.138. The van der Waals surface area contributed by atoms with E-state index in [9.17, 15) is 24.9 Å². The Bertz CT molecular complexity index is 925. The number of aliphatic hydroxyl groups excluding tert-OH is 2. The van der Waals surface area contributed by atoms with Crippen LogP contribution in [0, 0.1) is 46.3 Å². The van der Waals surface area contributed by atoms with Crippen LogP contribution in [0.1, 0.15) is 97.8 Å². The van der Waals surface area contributed by atoms with Crippen LogP contribution in [0.2, 0.25) is 0 Å². The molecule has 4 aliphatic carbocycles. The zero-order valence-corrected chi connectivity index (χ0v) is 24.1. The average molecular weight is 549 g/mol. The largest absolute Gasteiger partial charge is 0.480 e. The molecule has 0 aliphatic heterocycles. The number of amides is 1. The van der Waals surface area contributed by atoms with E-state index in [1.165, 1.54) is 19.3 Å². The van der Waals surface area contributed by atoms with Crippen molar-refractivity contribution >= 4 is 17.8 Å². The lowest BCUT2D eigenvalue weighted by molar-refractivity contribution is -0.172. The van der Waals surface area contributed by atoms with Crippen molar-refractivity contribution in [3.63, 3.8) is 0 Å². The molecule has 0 aromatic rings. The van der Waals surface area contributed by atoms with E-state index in [2.05, 4.69) is 31.1 Å². The molecule has 0 heterocycles. The number of nitrogens with two attached hydrogens (primary N) is 2. The van der Waals surface area contributed by atoms with Gasteiger partial charge in [0.2, 0.25) is 5.91 Å². The molecule has 4 rings (SSSR count). The third kappa shape index (κ3) is 6.09. The number of carboxylic acids is 1. The van der Waals surface area contributed by atoms with Crippen molar-refractivity contribution in [1.82, 2.24) is 5.32 Å². The van der Waals surface area contributed by atoms with E-state index in [1.807, 2.05) is 0 Å². The summed E-state index contributed by atoms with van der Waals surface area (Å²) < 4.78 is 0. The number of nitrogens with zero attached hydrogens (tertiary/aromatic N) is 1. The molecule has 0 saturated heterocycles. The van der Waals surface area contributed by atoms with Gasteiger partial charge in [0, 0.05) is 13.0 Å². The molecule has 0 aromatic carbocycles. The van der Waals surface area contributed by atoms with Gasteiger partial charge in [0.05, 0.1) is 12.2 Å². The van der Waals surface area contributed by atoms with Crippen LogP contribution in [0.5, 0.6) is 0 Å².